The highest BCUT2D eigenvalue weighted by atomic mass is 16.3. The standard InChI is InChI=1S/C16H23NO2/c1-3-4-5-6-7-12(2)17-11-13-8-9-14(18)10-15(13)16(17)19/h8-10,12,18H,3-7,11H2,1-2H3. The highest BCUT2D eigenvalue weighted by molar-refractivity contribution is 5.98. The molecule has 1 aromatic carbocycles. The van der Waals surface area contributed by atoms with Gasteiger partial charge >= 0.3 is 0 Å². The van der Waals surface area contributed by atoms with Crippen molar-refractivity contribution >= 4 is 5.91 Å². The number of carbonyl (C=O) groups excluding carboxylic acids is 1. The van der Waals surface area contributed by atoms with Crippen LogP contribution < -0.4 is 0 Å². The van der Waals surface area contributed by atoms with Crippen LogP contribution >= 0.6 is 0 Å². The number of carbonyl (C=O) groups is 1. The Morgan fingerprint density at radius 3 is 2.84 bits per heavy atom. The molecule has 0 aromatic heterocycles. The lowest BCUT2D eigenvalue weighted by Gasteiger charge is -2.24. The van der Waals surface area contributed by atoms with Gasteiger partial charge in [0, 0.05) is 18.2 Å². The van der Waals surface area contributed by atoms with E-state index in [0.29, 0.717) is 12.1 Å². The molecule has 1 unspecified atom stereocenters. The first-order valence-electron chi connectivity index (χ1n) is 7.26. The van der Waals surface area contributed by atoms with Crippen LogP contribution in [0.5, 0.6) is 5.75 Å². The van der Waals surface area contributed by atoms with E-state index in [1.165, 1.54) is 25.7 Å². The first-order chi connectivity index (χ1) is 9.13. The molecule has 0 saturated carbocycles. The molecule has 1 heterocycles. The van der Waals surface area contributed by atoms with Gasteiger partial charge in [-0.2, -0.15) is 0 Å². The number of nitrogens with zero attached hydrogens (tertiary/aromatic N) is 1. The van der Waals surface area contributed by atoms with Crippen LogP contribution in [0.1, 0.15) is 61.9 Å². The third kappa shape index (κ3) is 3.09. The van der Waals surface area contributed by atoms with Crippen LogP contribution in [0.25, 0.3) is 0 Å². The summed E-state index contributed by atoms with van der Waals surface area (Å²) in [7, 11) is 0. The van der Waals surface area contributed by atoms with Gasteiger partial charge < -0.3 is 10.0 Å². The van der Waals surface area contributed by atoms with E-state index in [1.807, 2.05) is 11.0 Å². The van der Waals surface area contributed by atoms with Crippen molar-refractivity contribution in [3.05, 3.63) is 29.3 Å². The summed E-state index contributed by atoms with van der Waals surface area (Å²) in [6, 6.07) is 5.37. The highest BCUT2D eigenvalue weighted by Gasteiger charge is 2.30. The fourth-order valence-electron chi connectivity index (χ4n) is 2.69. The number of aromatic hydroxyl groups is 1. The van der Waals surface area contributed by atoms with Crippen LogP contribution in [0, 0.1) is 0 Å². The normalized spacial score (nSPS) is 15.7. The Balaban J connectivity index is 1.95. The Bertz CT molecular complexity index is 456. The average Bonchev–Trinajstić information content (AvgIpc) is 2.72. The lowest BCUT2D eigenvalue weighted by Crippen LogP contribution is -2.33. The maximum atomic E-state index is 12.3. The maximum absolute atomic E-state index is 12.3. The molecule has 0 radical (unpaired) electrons. The minimum absolute atomic E-state index is 0.0638. The zero-order valence-corrected chi connectivity index (χ0v) is 11.9. The van der Waals surface area contributed by atoms with E-state index >= 15 is 0 Å². The lowest BCUT2D eigenvalue weighted by atomic mass is 10.1. The number of phenolic OH excluding ortho intramolecular Hbond substituents is 1. The third-order valence-corrected chi connectivity index (χ3v) is 3.93. The fraction of sp³-hybridized carbons (Fsp3) is 0.562. The molecule has 1 aliphatic rings. The van der Waals surface area contributed by atoms with Gasteiger partial charge in [-0.15, -0.1) is 0 Å². The summed E-state index contributed by atoms with van der Waals surface area (Å²) >= 11 is 0. The molecule has 0 aliphatic carbocycles. The number of fused-ring (bicyclic) bond motifs is 1. The Morgan fingerprint density at radius 2 is 2.11 bits per heavy atom. The molecular weight excluding hydrogens is 238 g/mol. The topological polar surface area (TPSA) is 40.5 Å². The number of hydrogen-bond acceptors (Lipinski definition) is 2. The van der Waals surface area contributed by atoms with Gasteiger partial charge in [0.15, 0.2) is 0 Å². The minimum atomic E-state index is 0.0638. The summed E-state index contributed by atoms with van der Waals surface area (Å²) in [5, 5.41) is 9.47. The molecule has 0 spiro atoms. The first kappa shape index (κ1) is 13.9. The molecule has 3 heteroatoms. The number of phenols is 1. The maximum Gasteiger partial charge on any atom is 0.254 e. The molecule has 1 aliphatic heterocycles. The van der Waals surface area contributed by atoms with E-state index in [1.54, 1.807) is 12.1 Å². The molecule has 0 saturated heterocycles. The second-order valence-electron chi connectivity index (χ2n) is 5.47. The summed E-state index contributed by atoms with van der Waals surface area (Å²) in [6.07, 6.45) is 6.00. The molecule has 1 atom stereocenters. The molecule has 0 bridgehead atoms. The number of hydrogen-bond donors (Lipinski definition) is 1. The van der Waals surface area contributed by atoms with Crippen LogP contribution in [0.3, 0.4) is 0 Å². The van der Waals surface area contributed by atoms with Gasteiger partial charge in [-0.05, 0) is 31.0 Å². The van der Waals surface area contributed by atoms with Crippen LogP contribution in [-0.2, 0) is 6.54 Å². The Kier molecular flexibility index (Phi) is 4.46. The Morgan fingerprint density at radius 1 is 1.32 bits per heavy atom. The quantitative estimate of drug-likeness (QED) is 0.793. The van der Waals surface area contributed by atoms with Crippen molar-refractivity contribution in [2.75, 3.05) is 0 Å². The summed E-state index contributed by atoms with van der Waals surface area (Å²) in [5.74, 6) is 0.235. The van der Waals surface area contributed by atoms with Crippen molar-refractivity contribution in [3.8, 4) is 5.75 Å². The second kappa shape index (κ2) is 6.09. The molecule has 2 rings (SSSR count). The second-order valence-corrected chi connectivity index (χ2v) is 5.47. The van der Waals surface area contributed by atoms with Gasteiger partial charge in [-0.3, -0.25) is 4.79 Å². The zero-order chi connectivity index (χ0) is 13.8. The number of benzene rings is 1. The Hall–Kier alpha value is -1.51. The van der Waals surface area contributed by atoms with E-state index in [2.05, 4.69) is 13.8 Å². The van der Waals surface area contributed by atoms with E-state index in [4.69, 9.17) is 0 Å². The lowest BCUT2D eigenvalue weighted by molar-refractivity contribution is 0.0707. The Labute approximate surface area is 115 Å². The molecule has 0 fully saturated rings. The van der Waals surface area contributed by atoms with Crippen molar-refractivity contribution < 1.29 is 9.90 Å². The van der Waals surface area contributed by atoms with Crippen LogP contribution in [0.4, 0.5) is 0 Å². The summed E-state index contributed by atoms with van der Waals surface area (Å²) in [4.78, 5) is 14.2. The van der Waals surface area contributed by atoms with Crippen LogP contribution in [0.2, 0.25) is 0 Å². The summed E-state index contributed by atoms with van der Waals surface area (Å²) < 4.78 is 0. The minimum Gasteiger partial charge on any atom is -0.508 e. The smallest absolute Gasteiger partial charge is 0.254 e. The van der Waals surface area contributed by atoms with Crippen molar-refractivity contribution in [2.45, 2.75) is 58.5 Å². The SMILES string of the molecule is CCCCCCC(C)N1Cc2ccc(O)cc2C1=O. The molecule has 1 amide bonds. The zero-order valence-electron chi connectivity index (χ0n) is 11.9. The predicted octanol–water partition coefficient (Wildman–Crippen LogP) is 3.71. The van der Waals surface area contributed by atoms with Crippen molar-refractivity contribution in [3.63, 3.8) is 0 Å². The van der Waals surface area contributed by atoms with Gasteiger partial charge in [0.05, 0.1) is 0 Å². The van der Waals surface area contributed by atoms with Gasteiger partial charge in [0.1, 0.15) is 5.75 Å². The third-order valence-electron chi connectivity index (χ3n) is 3.93. The van der Waals surface area contributed by atoms with Crippen molar-refractivity contribution in [2.24, 2.45) is 0 Å². The predicted molar refractivity (Wildman–Crippen MR) is 76.2 cm³/mol. The number of amides is 1. The first-order valence-corrected chi connectivity index (χ1v) is 7.26. The molecule has 3 nitrogen and oxygen atoms in total. The molecule has 1 aromatic rings. The largest absolute Gasteiger partial charge is 0.508 e. The molecule has 19 heavy (non-hydrogen) atoms. The van der Waals surface area contributed by atoms with Gasteiger partial charge in [0.25, 0.3) is 5.91 Å². The van der Waals surface area contributed by atoms with E-state index in [0.717, 1.165) is 12.0 Å². The number of unbranched alkanes of at least 4 members (excludes halogenated alkanes) is 3. The number of rotatable bonds is 6. The van der Waals surface area contributed by atoms with E-state index in [9.17, 15) is 9.90 Å². The monoisotopic (exact) mass is 261 g/mol. The van der Waals surface area contributed by atoms with E-state index in [-0.39, 0.29) is 17.7 Å². The fourth-order valence-corrected chi connectivity index (χ4v) is 2.69. The average molecular weight is 261 g/mol. The summed E-state index contributed by atoms with van der Waals surface area (Å²) in [6.45, 7) is 5.01. The van der Waals surface area contributed by atoms with Crippen LogP contribution in [-0.4, -0.2) is 22.0 Å². The van der Waals surface area contributed by atoms with Crippen molar-refractivity contribution in [1.82, 2.24) is 4.90 Å². The molecular formula is C16H23NO2. The van der Waals surface area contributed by atoms with Gasteiger partial charge in [-0.25, -0.2) is 0 Å². The molecule has 1 N–H and O–H groups in total. The van der Waals surface area contributed by atoms with E-state index < -0.39 is 0 Å². The van der Waals surface area contributed by atoms with Crippen molar-refractivity contribution in [1.29, 1.82) is 0 Å². The van der Waals surface area contributed by atoms with Gasteiger partial charge in [0.2, 0.25) is 0 Å². The van der Waals surface area contributed by atoms with Crippen LogP contribution in [0.15, 0.2) is 18.2 Å². The summed E-state index contributed by atoms with van der Waals surface area (Å²) in [5.41, 5.74) is 1.70. The highest BCUT2D eigenvalue weighted by Crippen LogP contribution is 2.28. The van der Waals surface area contributed by atoms with Gasteiger partial charge in [-0.1, -0.05) is 38.7 Å². The molecule has 104 valence electrons.